The molecule has 0 unspecified atom stereocenters. The van der Waals surface area contributed by atoms with Gasteiger partial charge >= 0.3 is 5.97 Å². The molecule has 0 heterocycles. The van der Waals surface area contributed by atoms with Crippen molar-refractivity contribution >= 4 is 11.8 Å². The second-order valence-corrected chi connectivity index (χ2v) is 5.29. The lowest BCUT2D eigenvalue weighted by atomic mass is 10.2. The Balaban J connectivity index is 2.73. The third kappa shape index (κ3) is 6.12. The van der Waals surface area contributed by atoms with E-state index in [4.69, 9.17) is 14.2 Å². The summed E-state index contributed by atoms with van der Waals surface area (Å²) >= 11 is 0. The third-order valence-electron chi connectivity index (χ3n) is 2.93. The molecule has 0 N–H and O–H groups in total. The Labute approximate surface area is 142 Å². The molecule has 0 fully saturated rings. The fraction of sp³-hybridized carbons (Fsp3) is 0.263. The standard InChI is InChI=1S/C19H22O5/c1-13(2)10-16(20)11-14(3)8-9-24-19(21)15-6-7-17(22-4)18(12-15)23-5/h6-12H,1-5H3. The summed E-state index contributed by atoms with van der Waals surface area (Å²) in [7, 11) is 3.01. The van der Waals surface area contributed by atoms with Gasteiger partial charge in [0.1, 0.15) is 0 Å². The maximum Gasteiger partial charge on any atom is 0.343 e. The summed E-state index contributed by atoms with van der Waals surface area (Å²) in [5.74, 6) is 0.333. The molecular weight excluding hydrogens is 308 g/mol. The first-order valence-electron chi connectivity index (χ1n) is 7.34. The van der Waals surface area contributed by atoms with Gasteiger partial charge in [0.15, 0.2) is 17.3 Å². The van der Waals surface area contributed by atoms with Gasteiger partial charge in [0.25, 0.3) is 0 Å². The molecule has 1 rings (SSSR count). The molecule has 5 nitrogen and oxygen atoms in total. The SMILES string of the molecule is COc1ccc(C(=O)OC=CC(C)=CC(=O)C=C(C)C)cc1OC. The Kier molecular flexibility index (Phi) is 7.49. The Hall–Kier alpha value is -2.82. The molecule has 0 amide bonds. The molecule has 0 aliphatic carbocycles. The van der Waals surface area contributed by atoms with E-state index in [0.717, 1.165) is 5.57 Å². The second kappa shape index (κ2) is 9.35. The van der Waals surface area contributed by atoms with Crippen molar-refractivity contribution in [3.05, 3.63) is 59.4 Å². The van der Waals surface area contributed by atoms with E-state index >= 15 is 0 Å². The summed E-state index contributed by atoms with van der Waals surface area (Å²) in [5, 5.41) is 0. The lowest BCUT2D eigenvalue weighted by Gasteiger charge is -2.08. The summed E-state index contributed by atoms with van der Waals surface area (Å²) in [6.45, 7) is 5.45. The molecule has 1 aromatic carbocycles. The maximum atomic E-state index is 12.0. The van der Waals surface area contributed by atoms with Crippen molar-refractivity contribution in [1.82, 2.24) is 0 Å². The summed E-state index contributed by atoms with van der Waals surface area (Å²) < 4.78 is 15.3. The Morgan fingerprint density at radius 1 is 0.958 bits per heavy atom. The van der Waals surface area contributed by atoms with E-state index in [1.807, 2.05) is 13.8 Å². The van der Waals surface area contributed by atoms with Crippen LogP contribution in [0.15, 0.2) is 53.8 Å². The molecule has 0 aliphatic heterocycles. The number of ketones is 1. The van der Waals surface area contributed by atoms with Gasteiger partial charge in [-0.25, -0.2) is 4.79 Å². The van der Waals surface area contributed by atoms with Crippen molar-refractivity contribution in [2.75, 3.05) is 14.2 Å². The minimum absolute atomic E-state index is 0.108. The fourth-order valence-corrected chi connectivity index (χ4v) is 1.83. The van der Waals surface area contributed by atoms with Crippen molar-refractivity contribution in [2.24, 2.45) is 0 Å². The number of hydrogen-bond donors (Lipinski definition) is 0. The molecule has 0 radical (unpaired) electrons. The lowest BCUT2D eigenvalue weighted by molar-refractivity contribution is -0.110. The normalized spacial score (nSPS) is 11.1. The van der Waals surface area contributed by atoms with E-state index in [0.29, 0.717) is 22.6 Å². The number of esters is 1. The first-order chi connectivity index (χ1) is 11.4. The first-order valence-corrected chi connectivity index (χ1v) is 7.34. The molecule has 0 bridgehead atoms. The zero-order chi connectivity index (χ0) is 18.1. The number of allylic oxidation sites excluding steroid dienone is 5. The minimum Gasteiger partial charge on any atom is -0.493 e. The highest BCUT2D eigenvalue weighted by Gasteiger charge is 2.11. The molecule has 0 atom stereocenters. The minimum atomic E-state index is -0.532. The van der Waals surface area contributed by atoms with Crippen LogP contribution in [0.4, 0.5) is 0 Å². The van der Waals surface area contributed by atoms with Crippen LogP contribution in [0.2, 0.25) is 0 Å². The van der Waals surface area contributed by atoms with Crippen LogP contribution < -0.4 is 9.47 Å². The zero-order valence-electron chi connectivity index (χ0n) is 14.6. The Morgan fingerprint density at radius 3 is 2.21 bits per heavy atom. The molecule has 0 spiro atoms. The van der Waals surface area contributed by atoms with Gasteiger partial charge in [-0.2, -0.15) is 0 Å². The average molecular weight is 330 g/mol. The van der Waals surface area contributed by atoms with E-state index in [-0.39, 0.29) is 5.78 Å². The van der Waals surface area contributed by atoms with Crippen LogP contribution in [0, 0.1) is 0 Å². The Bertz CT molecular complexity index is 692. The predicted molar refractivity (Wildman–Crippen MR) is 92.3 cm³/mol. The van der Waals surface area contributed by atoms with E-state index in [1.165, 1.54) is 38.7 Å². The number of ether oxygens (including phenoxy) is 3. The van der Waals surface area contributed by atoms with Gasteiger partial charge in [-0.1, -0.05) is 5.57 Å². The van der Waals surface area contributed by atoms with Crippen molar-refractivity contribution in [2.45, 2.75) is 20.8 Å². The van der Waals surface area contributed by atoms with Gasteiger partial charge in [-0.3, -0.25) is 4.79 Å². The molecule has 0 aromatic heterocycles. The molecule has 0 saturated carbocycles. The highest BCUT2D eigenvalue weighted by atomic mass is 16.5. The van der Waals surface area contributed by atoms with Crippen molar-refractivity contribution in [3.63, 3.8) is 0 Å². The topological polar surface area (TPSA) is 61.8 Å². The summed E-state index contributed by atoms with van der Waals surface area (Å²) in [6.07, 6.45) is 5.80. The largest absolute Gasteiger partial charge is 0.493 e. The quantitative estimate of drug-likeness (QED) is 0.329. The molecule has 1 aromatic rings. The fourth-order valence-electron chi connectivity index (χ4n) is 1.83. The van der Waals surface area contributed by atoms with Crippen LogP contribution in [-0.4, -0.2) is 26.0 Å². The highest BCUT2D eigenvalue weighted by Crippen LogP contribution is 2.27. The van der Waals surface area contributed by atoms with E-state index in [1.54, 1.807) is 25.1 Å². The maximum absolute atomic E-state index is 12.0. The van der Waals surface area contributed by atoms with Crippen LogP contribution >= 0.6 is 0 Å². The summed E-state index contributed by atoms with van der Waals surface area (Å²) in [4.78, 5) is 23.6. The van der Waals surface area contributed by atoms with Crippen molar-refractivity contribution < 1.29 is 23.8 Å². The van der Waals surface area contributed by atoms with E-state index in [9.17, 15) is 9.59 Å². The summed E-state index contributed by atoms with van der Waals surface area (Å²) in [5.41, 5.74) is 1.94. The number of methoxy groups -OCH3 is 2. The highest BCUT2D eigenvalue weighted by molar-refractivity contribution is 6.00. The number of carbonyl (C=O) groups excluding carboxylic acids is 2. The van der Waals surface area contributed by atoms with Gasteiger partial charge in [0.05, 0.1) is 26.0 Å². The number of rotatable bonds is 7. The molecule has 0 aliphatic rings. The monoisotopic (exact) mass is 330 g/mol. The van der Waals surface area contributed by atoms with Crippen LogP contribution in [0.5, 0.6) is 11.5 Å². The lowest BCUT2D eigenvalue weighted by Crippen LogP contribution is -2.02. The number of benzene rings is 1. The number of hydrogen-bond acceptors (Lipinski definition) is 5. The third-order valence-corrected chi connectivity index (χ3v) is 2.93. The predicted octanol–water partition coefficient (Wildman–Crippen LogP) is 3.86. The van der Waals surface area contributed by atoms with Gasteiger partial charge < -0.3 is 14.2 Å². The van der Waals surface area contributed by atoms with Gasteiger partial charge in [-0.05, 0) is 62.8 Å². The average Bonchev–Trinajstić information content (AvgIpc) is 2.52. The van der Waals surface area contributed by atoms with Crippen molar-refractivity contribution in [1.29, 1.82) is 0 Å². The zero-order valence-corrected chi connectivity index (χ0v) is 14.6. The van der Waals surface area contributed by atoms with Crippen LogP contribution in [0.3, 0.4) is 0 Å². The molecule has 0 saturated heterocycles. The van der Waals surface area contributed by atoms with Gasteiger partial charge in [0, 0.05) is 0 Å². The van der Waals surface area contributed by atoms with E-state index in [2.05, 4.69) is 0 Å². The second-order valence-electron chi connectivity index (χ2n) is 5.29. The molecule has 5 heteroatoms. The summed E-state index contributed by atoms with van der Waals surface area (Å²) in [6, 6.07) is 4.75. The van der Waals surface area contributed by atoms with Gasteiger partial charge in [0.2, 0.25) is 0 Å². The Morgan fingerprint density at radius 2 is 1.62 bits per heavy atom. The molecular formula is C19H22O5. The van der Waals surface area contributed by atoms with Crippen molar-refractivity contribution in [3.8, 4) is 11.5 Å². The molecule has 24 heavy (non-hydrogen) atoms. The van der Waals surface area contributed by atoms with Gasteiger partial charge in [-0.15, -0.1) is 0 Å². The first kappa shape index (κ1) is 19.2. The van der Waals surface area contributed by atoms with Crippen LogP contribution in [-0.2, 0) is 9.53 Å². The van der Waals surface area contributed by atoms with Crippen LogP contribution in [0.1, 0.15) is 31.1 Å². The number of carbonyl (C=O) groups is 2. The van der Waals surface area contributed by atoms with E-state index < -0.39 is 5.97 Å². The molecule has 128 valence electrons. The smallest absolute Gasteiger partial charge is 0.343 e. The van der Waals surface area contributed by atoms with Crippen LogP contribution in [0.25, 0.3) is 0 Å².